The number of rotatable bonds is 9. The quantitative estimate of drug-likeness (QED) is 0.476. The number of benzene rings is 2. The molecule has 4 aliphatic carbocycles. The van der Waals surface area contributed by atoms with Crippen molar-refractivity contribution in [2.45, 2.75) is 61.8 Å². The Bertz CT molecular complexity index is 1110. The van der Waals surface area contributed by atoms with Crippen molar-refractivity contribution in [3.8, 4) is 5.75 Å². The molecule has 1 amide bonds. The lowest BCUT2D eigenvalue weighted by Crippen LogP contribution is -2.54. The van der Waals surface area contributed by atoms with Crippen molar-refractivity contribution in [2.24, 2.45) is 17.8 Å². The maximum absolute atomic E-state index is 12.6. The summed E-state index contributed by atoms with van der Waals surface area (Å²) in [7, 11) is -3.22. The van der Waals surface area contributed by atoms with Gasteiger partial charge in [0, 0.05) is 18.2 Å². The highest BCUT2D eigenvalue weighted by molar-refractivity contribution is 7.90. The standard InChI is InChI=1S/C27H34N2O4S/c1-34(31,32)23-10-8-22(9-11-23)33-12-4-7-26(30)28-24-5-2-3-6-25(24)29-27-16-19-13-20(17-27)15-21(14-19)18-27/h2-3,5-6,8-11,19-21,29H,4,7,12-18H2,1H3,(H,28,30). The first-order valence-electron chi connectivity index (χ1n) is 12.4. The van der Waals surface area contributed by atoms with Crippen LogP contribution < -0.4 is 15.4 Å². The highest BCUT2D eigenvalue weighted by atomic mass is 32.2. The second-order valence-corrected chi connectivity index (χ2v) is 12.6. The van der Waals surface area contributed by atoms with Crippen molar-refractivity contribution >= 4 is 27.1 Å². The topological polar surface area (TPSA) is 84.5 Å². The van der Waals surface area contributed by atoms with E-state index in [2.05, 4.69) is 16.7 Å². The maximum Gasteiger partial charge on any atom is 0.224 e. The average molecular weight is 483 g/mol. The number of carbonyl (C=O) groups excluding carboxylic acids is 1. The van der Waals surface area contributed by atoms with E-state index >= 15 is 0 Å². The molecule has 0 saturated heterocycles. The molecule has 0 atom stereocenters. The lowest BCUT2D eigenvalue weighted by Gasteiger charge is -2.57. The molecule has 2 aromatic carbocycles. The number of para-hydroxylation sites is 2. The summed E-state index contributed by atoms with van der Waals surface area (Å²) in [5.74, 6) is 3.16. The van der Waals surface area contributed by atoms with Crippen LogP contribution in [0.4, 0.5) is 11.4 Å². The number of nitrogens with one attached hydrogen (secondary N) is 2. The molecule has 0 heterocycles. The van der Waals surface area contributed by atoms with Gasteiger partial charge in [0.2, 0.25) is 5.91 Å². The normalized spacial score (nSPS) is 27.4. The average Bonchev–Trinajstić information content (AvgIpc) is 2.77. The molecule has 0 radical (unpaired) electrons. The number of hydrogen-bond donors (Lipinski definition) is 2. The largest absolute Gasteiger partial charge is 0.494 e. The van der Waals surface area contributed by atoms with Gasteiger partial charge in [-0.2, -0.15) is 0 Å². The molecule has 6 nitrogen and oxygen atoms in total. The highest BCUT2D eigenvalue weighted by Crippen LogP contribution is 2.56. The van der Waals surface area contributed by atoms with Gasteiger partial charge >= 0.3 is 0 Å². The van der Waals surface area contributed by atoms with Gasteiger partial charge in [-0.1, -0.05) is 12.1 Å². The number of ether oxygens (including phenoxy) is 1. The van der Waals surface area contributed by atoms with E-state index in [1.165, 1.54) is 56.9 Å². The van der Waals surface area contributed by atoms with E-state index in [0.29, 0.717) is 25.2 Å². The van der Waals surface area contributed by atoms with E-state index in [4.69, 9.17) is 4.74 Å². The van der Waals surface area contributed by atoms with E-state index in [0.717, 1.165) is 29.1 Å². The van der Waals surface area contributed by atoms with Gasteiger partial charge in [0.05, 0.1) is 22.9 Å². The third kappa shape index (κ3) is 5.24. The molecule has 0 aromatic heterocycles. The van der Waals surface area contributed by atoms with Gasteiger partial charge in [0.15, 0.2) is 9.84 Å². The Labute approximate surface area is 202 Å². The van der Waals surface area contributed by atoms with Crippen molar-refractivity contribution in [3.05, 3.63) is 48.5 Å². The highest BCUT2D eigenvalue weighted by Gasteiger charge is 2.51. The van der Waals surface area contributed by atoms with Crippen molar-refractivity contribution in [2.75, 3.05) is 23.5 Å². The first kappa shape index (κ1) is 23.2. The van der Waals surface area contributed by atoms with Gasteiger partial charge in [0.25, 0.3) is 0 Å². The first-order valence-corrected chi connectivity index (χ1v) is 14.3. The Kier molecular flexibility index (Phi) is 6.32. The number of anilines is 2. The summed E-state index contributed by atoms with van der Waals surface area (Å²) < 4.78 is 28.8. The maximum atomic E-state index is 12.6. The third-order valence-corrected chi connectivity index (χ3v) is 8.84. The first-order chi connectivity index (χ1) is 16.3. The smallest absolute Gasteiger partial charge is 0.224 e. The van der Waals surface area contributed by atoms with Gasteiger partial charge in [-0.15, -0.1) is 0 Å². The molecule has 4 aliphatic rings. The number of carbonyl (C=O) groups is 1. The van der Waals surface area contributed by atoms with Gasteiger partial charge in [-0.3, -0.25) is 4.79 Å². The Morgan fingerprint density at radius 1 is 0.941 bits per heavy atom. The Balaban J connectivity index is 1.12. The molecular weight excluding hydrogens is 448 g/mol. The zero-order valence-corrected chi connectivity index (χ0v) is 20.6. The molecule has 0 aliphatic heterocycles. The summed E-state index contributed by atoms with van der Waals surface area (Å²) in [6.45, 7) is 0.388. The molecule has 0 unspecified atom stereocenters. The molecule has 6 rings (SSSR count). The van der Waals surface area contributed by atoms with E-state index in [-0.39, 0.29) is 16.3 Å². The predicted octanol–water partition coefficient (Wildman–Crippen LogP) is 5.27. The lowest BCUT2D eigenvalue weighted by atomic mass is 9.53. The van der Waals surface area contributed by atoms with Crippen LogP contribution in [-0.4, -0.2) is 32.7 Å². The van der Waals surface area contributed by atoms with Crippen LogP contribution in [0.25, 0.3) is 0 Å². The van der Waals surface area contributed by atoms with Crippen LogP contribution in [0.2, 0.25) is 0 Å². The minimum absolute atomic E-state index is 0.0317. The molecule has 2 aromatic rings. The fraction of sp³-hybridized carbons (Fsp3) is 0.519. The number of hydrogen-bond acceptors (Lipinski definition) is 5. The zero-order valence-electron chi connectivity index (χ0n) is 19.8. The fourth-order valence-corrected chi connectivity index (χ4v) is 7.30. The van der Waals surface area contributed by atoms with Gasteiger partial charge in [0.1, 0.15) is 5.75 Å². The molecule has 34 heavy (non-hydrogen) atoms. The molecule has 182 valence electrons. The molecule has 4 bridgehead atoms. The van der Waals surface area contributed by atoms with Crippen LogP contribution in [0, 0.1) is 17.8 Å². The van der Waals surface area contributed by atoms with Gasteiger partial charge < -0.3 is 15.4 Å². The van der Waals surface area contributed by atoms with Crippen LogP contribution in [0.1, 0.15) is 51.4 Å². The van der Waals surface area contributed by atoms with Crippen LogP contribution >= 0.6 is 0 Å². The van der Waals surface area contributed by atoms with Crippen molar-refractivity contribution < 1.29 is 17.9 Å². The number of sulfone groups is 1. The second-order valence-electron chi connectivity index (χ2n) is 10.6. The van der Waals surface area contributed by atoms with E-state index in [1.54, 1.807) is 12.1 Å². The second kappa shape index (κ2) is 9.25. The Morgan fingerprint density at radius 2 is 1.53 bits per heavy atom. The zero-order chi connectivity index (χ0) is 23.8. The molecule has 2 N–H and O–H groups in total. The van der Waals surface area contributed by atoms with Crippen molar-refractivity contribution in [1.82, 2.24) is 0 Å². The summed E-state index contributed by atoms with van der Waals surface area (Å²) in [6.07, 6.45) is 10.1. The molecule has 4 saturated carbocycles. The molecule has 7 heteroatoms. The summed E-state index contributed by atoms with van der Waals surface area (Å²) in [5, 5.41) is 6.97. The summed E-state index contributed by atoms with van der Waals surface area (Å²) in [6, 6.07) is 14.4. The fourth-order valence-electron chi connectivity index (χ4n) is 6.67. The minimum Gasteiger partial charge on any atom is -0.494 e. The van der Waals surface area contributed by atoms with Crippen LogP contribution in [0.3, 0.4) is 0 Å². The van der Waals surface area contributed by atoms with Crippen LogP contribution in [0.15, 0.2) is 53.4 Å². The van der Waals surface area contributed by atoms with E-state index < -0.39 is 9.84 Å². The lowest BCUT2D eigenvalue weighted by molar-refractivity contribution is -0.116. The SMILES string of the molecule is CS(=O)(=O)c1ccc(OCCCC(=O)Nc2ccccc2NC23CC4CC(CC(C4)C2)C3)cc1. The minimum atomic E-state index is -3.22. The van der Waals surface area contributed by atoms with Crippen LogP contribution in [-0.2, 0) is 14.6 Å². The third-order valence-electron chi connectivity index (χ3n) is 7.71. The monoisotopic (exact) mass is 482 g/mol. The van der Waals surface area contributed by atoms with Crippen LogP contribution in [0.5, 0.6) is 5.75 Å². The van der Waals surface area contributed by atoms with Crippen molar-refractivity contribution in [3.63, 3.8) is 0 Å². The molecule has 4 fully saturated rings. The number of amides is 1. The summed E-state index contributed by atoms with van der Waals surface area (Å²) in [4.78, 5) is 12.9. The van der Waals surface area contributed by atoms with E-state index in [1.807, 2.05) is 18.2 Å². The van der Waals surface area contributed by atoms with E-state index in [9.17, 15) is 13.2 Å². The summed E-state index contributed by atoms with van der Waals surface area (Å²) in [5.41, 5.74) is 2.07. The Hall–Kier alpha value is -2.54. The predicted molar refractivity (Wildman–Crippen MR) is 134 cm³/mol. The van der Waals surface area contributed by atoms with Crippen molar-refractivity contribution in [1.29, 1.82) is 0 Å². The summed E-state index contributed by atoms with van der Waals surface area (Å²) >= 11 is 0. The Morgan fingerprint density at radius 3 is 2.12 bits per heavy atom. The molecule has 0 spiro atoms. The molecular formula is C27H34N2O4S. The van der Waals surface area contributed by atoms with Gasteiger partial charge in [-0.05, 0) is 99.1 Å². The van der Waals surface area contributed by atoms with Gasteiger partial charge in [-0.25, -0.2) is 8.42 Å².